The lowest BCUT2D eigenvalue weighted by Crippen LogP contribution is -2.21. The summed E-state index contributed by atoms with van der Waals surface area (Å²) in [6.45, 7) is 0.496. The monoisotopic (exact) mass is 315 g/mol. The van der Waals surface area contributed by atoms with Crippen molar-refractivity contribution >= 4 is 27.0 Å². The van der Waals surface area contributed by atoms with Gasteiger partial charge in [0, 0.05) is 10.7 Å². The van der Waals surface area contributed by atoms with Crippen LogP contribution in [-0.4, -0.2) is 14.5 Å². The molecule has 2 heterocycles. The third-order valence-corrected chi connectivity index (χ3v) is 3.33. The van der Waals surface area contributed by atoms with Crippen LogP contribution in [0.1, 0.15) is 5.56 Å². The molecule has 0 amide bonds. The quantitative estimate of drug-likeness (QED) is 0.730. The van der Waals surface area contributed by atoms with Crippen LogP contribution < -0.4 is 5.56 Å². The highest BCUT2D eigenvalue weighted by atomic mass is 79.9. The molecular formula is C14H10BrN3O. The Kier molecular flexibility index (Phi) is 3.13. The van der Waals surface area contributed by atoms with Crippen LogP contribution in [0.15, 0.2) is 58.2 Å². The fourth-order valence-corrected chi connectivity index (χ4v) is 2.39. The fourth-order valence-electron chi connectivity index (χ4n) is 1.94. The molecule has 0 fully saturated rings. The molecular weight excluding hydrogens is 306 g/mol. The maximum Gasteiger partial charge on any atom is 0.263 e. The third-order valence-electron chi connectivity index (χ3n) is 2.84. The van der Waals surface area contributed by atoms with Gasteiger partial charge in [0.1, 0.15) is 6.33 Å². The lowest BCUT2D eigenvalue weighted by molar-refractivity contribution is 0.746. The van der Waals surface area contributed by atoms with Crippen molar-refractivity contribution < 1.29 is 0 Å². The Morgan fingerprint density at radius 3 is 2.89 bits per heavy atom. The van der Waals surface area contributed by atoms with E-state index in [1.54, 1.807) is 29.2 Å². The topological polar surface area (TPSA) is 47.8 Å². The first-order valence-electron chi connectivity index (χ1n) is 5.79. The number of hydrogen-bond donors (Lipinski definition) is 0. The van der Waals surface area contributed by atoms with Crippen LogP contribution in [0.5, 0.6) is 0 Å². The minimum atomic E-state index is -0.0712. The number of hydrogen-bond acceptors (Lipinski definition) is 3. The van der Waals surface area contributed by atoms with E-state index in [1.165, 1.54) is 0 Å². The molecule has 0 spiro atoms. The Hall–Kier alpha value is -2.01. The average molecular weight is 316 g/mol. The van der Waals surface area contributed by atoms with E-state index in [1.807, 2.05) is 24.3 Å². The van der Waals surface area contributed by atoms with Crippen LogP contribution >= 0.6 is 15.9 Å². The van der Waals surface area contributed by atoms with Gasteiger partial charge in [-0.3, -0.25) is 9.36 Å². The van der Waals surface area contributed by atoms with E-state index < -0.39 is 0 Å². The molecule has 0 aliphatic heterocycles. The number of benzene rings is 1. The number of aromatic nitrogens is 3. The van der Waals surface area contributed by atoms with Crippen LogP contribution in [0.4, 0.5) is 0 Å². The van der Waals surface area contributed by atoms with Gasteiger partial charge in [-0.25, -0.2) is 9.97 Å². The van der Waals surface area contributed by atoms with Gasteiger partial charge in [0.05, 0.1) is 11.9 Å². The van der Waals surface area contributed by atoms with E-state index in [2.05, 4.69) is 25.9 Å². The second kappa shape index (κ2) is 4.93. The second-order valence-corrected chi connectivity index (χ2v) is 5.10. The SMILES string of the molecule is O=c1c2cccnc2ncn1Cc1cccc(Br)c1. The van der Waals surface area contributed by atoms with Crippen molar-refractivity contribution in [3.63, 3.8) is 0 Å². The first kappa shape index (κ1) is 12.0. The molecule has 0 saturated heterocycles. The number of fused-ring (bicyclic) bond motifs is 1. The first-order chi connectivity index (χ1) is 9.24. The second-order valence-electron chi connectivity index (χ2n) is 4.18. The Morgan fingerprint density at radius 1 is 1.16 bits per heavy atom. The van der Waals surface area contributed by atoms with E-state index in [0.29, 0.717) is 17.6 Å². The minimum absolute atomic E-state index is 0.0712. The normalized spacial score (nSPS) is 10.8. The summed E-state index contributed by atoms with van der Waals surface area (Å²) >= 11 is 3.42. The lowest BCUT2D eigenvalue weighted by Gasteiger charge is -2.06. The van der Waals surface area contributed by atoms with Crippen LogP contribution in [0.3, 0.4) is 0 Å². The van der Waals surface area contributed by atoms with Gasteiger partial charge in [0.25, 0.3) is 5.56 Å². The standard InChI is InChI=1S/C14H10BrN3O/c15-11-4-1-3-10(7-11)8-18-9-17-13-12(14(18)19)5-2-6-16-13/h1-7,9H,8H2. The van der Waals surface area contributed by atoms with Crippen molar-refractivity contribution in [2.45, 2.75) is 6.54 Å². The molecule has 19 heavy (non-hydrogen) atoms. The Balaban J connectivity index is 2.06. The summed E-state index contributed by atoms with van der Waals surface area (Å²) in [4.78, 5) is 20.6. The zero-order valence-electron chi connectivity index (χ0n) is 9.95. The molecule has 3 rings (SSSR count). The molecule has 1 aromatic carbocycles. The predicted molar refractivity (Wildman–Crippen MR) is 77.0 cm³/mol. The van der Waals surface area contributed by atoms with E-state index in [0.717, 1.165) is 10.0 Å². The smallest absolute Gasteiger partial charge is 0.263 e. The van der Waals surface area contributed by atoms with Gasteiger partial charge in [0.2, 0.25) is 0 Å². The Morgan fingerprint density at radius 2 is 2.05 bits per heavy atom. The number of nitrogens with zero attached hydrogens (tertiary/aromatic N) is 3. The van der Waals surface area contributed by atoms with E-state index in [4.69, 9.17) is 0 Å². The summed E-state index contributed by atoms with van der Waals surface area (Å²) in [6.07, 6.45) is 3.17. The van der Waals surface area contributed by atoms with Crippen LogP contribution in [-0.2, 0) is 6.54 Å². The van der Waals surface area contributed by atoms with Crippen molar-refractivity contribution in [3.8, 4) is 0 Å². The van der Waals surface area contributed by atoms with Crippen LogP contribution in [0.2, 0.25) is 0 Å². The molecule has 94 valence electrons. The molecule has 0 aliphatic carbocycles. The zero-order chi connectivity index (χ0) is 13.2. The van der Waals surface area contributed by atoms with E-state index in [9.17, 15) is 4.79 Å². The van der Waals surface area contributed by atoms with Crippen molar-refractivity contribution in [2.24, 2.45) is 0 Å². The van der Waals surface area contributed by atoms with E-state index >= 15 is 0 Å². The van der Waals surface area contributed by atoms with Gasteiger partial charge in [-0.1, -0.05) is 28.1 Å². The zero-order valence-corrected chi connectivity index (χ0v) is 11.5. The molecule has 2 aromatic heterocycles. The fraction of sp³-hybridized carbons (Fsp3) is 0.0714. The molecule has 0 bridgehead atoms. The summed E-state index contributed by atoms with van der Waals surface area (Å²) in [5.74, 6) is 0. The summed E-state index contributed by atoms with van der Waals surface area (Å²) in [7, 11) is 0. The number of halogens is 1. The van der Waals surface area contributed by atoms with Gasteiger partial charge in [-0.2, -0.15) is 0 Å². The van der Waals surface area contributed by atoms with Crippen molar-refractivity contribution in [3.05, 3.63) is 69.3 Å². The summed E-state index contributed by atoms with van der Waals surface area (Å²) in [5.41, 5.74) is 1.46. The van der Waals surface area contributed by atoms with Gasteiger partial charge in [-0.05, 0) is 29.8 Å². The third kappa shape index (κ3) is 2.42. The highest BCUT2D eigenvalue weighted by molar-refractivity contribution is 9.10. The Labute approximate surface area is 117 Å². The molecule has 0 aliphatic rings. The summed E-state index contributed by atoms with van der Waals surface area (Å²) in [6, 6.07) is 11.4. The van der Waals surface area contributed by atoms with Gasteiger partial charge < -0.3 is 0 Å². The maximum atomic E-state index is 12.3. The number of pyridine rings is 1. The van der Waals surface area contributed by atoms with Gasteiger partial charge in [0.15, 0.2) is 5.65 Å². The molecule has 0 atom stereocenters. The van der Waals surface area contributed by atoms with Crippen molar-refractivity contribution in [1.82, 2.24) is 14.5 Å². The maximum absolute atomic E-state index is 12.3. The van der Waals surface area contributed by atoms with Crippen LogP contribution in [0.25, 0.3) is 11.0 Å². The van der Waals surface area contributed by atoms with Crippen molar-refractivity contribution in [1.29, 1.82) is 0 Å². The number of rotatable bonds is 2. The molecule has 0 N–H and O–H groups in total. The molecule has 0 radical (unpaired) electrons. The van der Waals surface area contributed by atoms with Gasteiger partial charge >= 0.3 is 0 Å². The molecule has 0 unspecified atom stereocenters. The molecule has 4 nitrogen and oxygen atoms in total. The molecule has 3 aromatic rings. The molecule has 5 heteroatoms. The summed E-state index contributed by atoms with van der Waals surface area (Å²) < 4.78 is 2.58. The molecule has 0 saturated carbocycles. The Bertz CT molecular complexity index is 798. The van der Waals surface area contributed by atoms with Crippen molar-refractivity contribution in [2.75, 3.05) is 0 Å². The largest absolute Gasteiger partial charge is 0.294 e. The van der Waals surface area contributed by atoms with E-state index in [-0.39, 0.29) is 5.56 Å². The highest BCUT2D eigenvalue weighted by Crippen LogP contribution is 2.12. The van der Waals surface area contributed by atoms with Gasteiger partial charge in [-0.15, -0.1) is 0 Å². The predicted octanol–water partition coefficient (Wildman–Crippen LogP) is 2.60. The first-order valence-corrected chi connectivity index (χ1v) is 6.58. The van der Waals surface area contributed by atoms with Crippen LogP contribution in [0, 0.1) is 0 Å². The summed E-state index contributed by atoms with van der Waals surface area (Å²) in [5, 5.41) is 0.542. The lowest BCUT2D eigenvalue weighted by atomic mass is 10.2. The average Bonchev–Trinajstić information content (AvgIpc) is 2.42. The minimum Gasteiger partial charge on any atom is -0.294 e. The highest BCUT2D eigenvalue weighted by Gasteiger charge is 2.04.